The van der Waals surface area contributed by atoms with E-state index in [1.165, 1.54) is 0 Å². The van der Waals surface area contributed by atoms with E-state index in [9.17, 15) is 14.4 Å². The van der Waals surface area contributed by atoms with Crippen LogP contribution >= 0.6 is 0 Å². The molecule has 1 aromatic rings. The van der Waals surface area contributed by atoms with E-state index in [0.29, 0.717) is 23.4 Å². The number of Topliss-reactive ketones (excluding diaryl/α,β-unsaturated/α-hetero) is 1. The first-order valence-corrected chi connectivity index (χ1v) is 19.3. The third-order valence-electron chi connectivity index (χ3n) is 8.99. The first-order chi connectivity index (χ1) is 21.1. The number of benzene rings is 1. The third-order valence-corrected chi connectivity index (χ3v) is 13.3. The maximum Gasteiger partial charge on any atom is 0.415 e. The number of carbonyl (C=O) groups is 3. The number of hydrogen-bond donors (Lipinski definition) is 0. The molecular formula is C36H53NO8Si. The molecule has 4 rings (SSSR count). The number of esters is 1. The van der Waals surface area contributed by atoms with Crippen molar-refractivity contribution in [2.45, 2.75) is 149 Å². The molecule has 1 saturated carbocycles. The van der Waals surface area contributed by atoms with Gasteiger partial charge in [-0.05, 0) is 103 Å². The number of nitrogens with zero attached hydrogens (tertiary/aromatic N) is 1. The minimum absolute atomic E-state index is 0.0195. The lowest BCUT2D eigenvalue weighted by molar-refractivity contribution is -0.154. The zero-order chi connectivity index (χ0) is 34.4. The van der Waals surface area contributed by atoms with Gasteiger partial charge in [0.25, 0.3) is 8.32 Å². The minimum Gasteiger partial charge on any atom is -0.543 e. The number of allylic oxidation sites excluding steroid dienone is 1. The number of fused-ring (bicyclic) bond motifs is 2. The highest BCUT2D eigenvalue weighted by Gasteiger charge is 2.45. The number of rotatable bonds is 4. The lowest BCUT2D eigenvalue weighted by Gasteiger charge is -2.37. The number of ketones is 1. The van der Waals surface area contributed by atoms with Crippen LogP contribution in [-0.2, 0) is 23.7 Å². The van der Waals surface area contributed by atoms with Crippen LogP contribution in [0.5, 0.6) is 5.75 Å². The second-order valence-corrected chi connectivity index (χ2v) is 20.5. The van der Waals surface area contributed by atoms with Gasteiger partial charge in [-0.25, -0.2) is 9.59 Å². The van der Waals surface area contributed by atoms with Crippen molar-refractivity contribution in [3.8, 4) is 5.75 Å². The first kappa shape index (κ1) is 35.9. The van der Waals surface area contributed by atoms with Crippen molar-refractivity contribution in [3.63, 3.8) is 0 Å². The molecule has 1 amide bonds. The summed E-state index contributed by atoms with van der Waals surface area (Å²) in [5, 5.41) is -0.167. The van der Waals surface area contributed by atoms with Gasteiger partial charge in [-0.2, -0.15) is 0 Å². The summed E-state index contributed by atoms with van der Waals surface area (Å²) in [5.41, 5.74) is 1.48. The zero-order valence-corrected chi connectivity index (χ0v) is 30.7. The van der Waals surface area contributed by atoms with Crippen molar-refractivity contribution in [1.82, 2.24) is 0 Å². The molecule has 0 aromatic heterocycles. The molecule has 10 heteroatoms. The van der Waals surface area contributed by atoms with E-state index in [-0.39, 0.29) is 28.8 Å². The number of amides is 1. The molecule has 46 heavy (non-hydrogen) atoms. The minimum atomic E-state index is -2.48. The molecule has 1 aliphatic carbocycles. The largest absolute Gasteiger partial charge is 0.543 e. The van der Waals surface area contributed by atoms with Crippen LogP contribution in [0.25, 0.3) is 6.08 Å². The lowest BCUT2D eigenvalue weighted by atomic mass is 9.99. The molecular weight excluding hydrogens is 602 g/mol. The molecule has 254 valence electrons. The highest BCUT2D eigenvalue weighted by molar-refractivity contribution is 6.74. The van der Waals surface area contributed by atoms with Gasteiger partial charge < -0.3 is 23.4 Å². The van der Waals surface area contributed by atoms with E-state index < -0.39 is 50.1 Å². The van der Waals surface area contributed by atoms with E-state index in [2.05, 4.69) is 33.9 Å². The van der Waals surface area contributed by atoms with Crippen LogP contribution in [0.4, 0.5) is 10.5 Å². The van der Waals surface area contributed by atoms with Crippen LogP contribution in [0, 0.1) is 0 Å². The van der Waals surface area contributed by atoms with Gasteiger partial charge in [-0.3, -0.25) is 9.69 Å². The Hall–Kier alpha value is -2.95. The summed E-state index contributed by atoms with van der Waals surface area (Å²) in [6.07, 6.45) is 5.42. The molecule has 1 saturated heterocycles. The van der Waals surface area contributed by atoms with Crippen LogP contribution in [-0.4, -0.2) is 61.9 Å². The SMILES string of the molecule is CC1=CCC(=O)[C@H]2OC(C)(C)O[C@H]2CC=Cc2cc(N(C(=O)OC(C)(C)C)C3CC3)cc(O[Si](C)(C)C(C)(C)C)c2C(=O)O[C@H]1C. The molecule has 2 fully saturated rings. The van der Waals surface area contributed by atoms with Crippen molar-refractivity contribution >= 4 is 37.9 Å². The smallest absolute Gasteiger partial charge is 0.415 e. The standard InChI is InChI=1S/C36H53NO8Si/c1-22-16-19-27(38)31-28(42-36(9,10)43-31)15-13-14-24-20-26(37(25-17-18-25)33(40)44-34(3,4)5)21-29(30(24)32(39)41-23(22)2)45-46(11,12)35(6,7)8/h13-14,16,20-21,23,25,28,31H,15,17-19H2,1-12H3/t23-,28-,31+/m0/s1. The van der Waals surface area contributed by atoms with E-state index in [4.69, 9.17) is 23.4 Å². The summed E-state index contributed by atoms with van der Waals surface area (Å²) in [7, 11) is -2.48. The number of cyclic esters (lactones) is 1. The van der Waals surface area contributed by atoms with Crippen molar-refractivity contribution in [1.29, 1.82) is 0 Å². The summed E-state index contributed by atoms with van der Waals surface area (Å²) < 4.78 is 30.9. The average molecular weight is 656 g/mol. The summed E-state index contributed by atoms with van der Waals surface area (Å²) in [5.74, 6) is -1.17. The van der Waals surface area contributed by atoms with E-state index in [1.54, 1.807) is 37.8 Å². The van der Waals surface area contributed by atoms with Gasteiger partial charge in [0.1, 0.15) is 29.1 Å². The van der Waals surface area contributed by atoms with Crippen LogP contribution in [0.2, 0.25) is 18.1 Å². The second-order valence-electron chi connectivity index (χ2n) is 15.8. The molecule has 3 aliphatic rings. The molecule has 0 spiro atoms. The second kappa shape index (κ2) is 12.9. The lowest BCUT2D eigenvalue weighted by Crippen LogP contribution is -2.44. The molecule has 2 aliphatic heterocycles. The van der Waals surface area contributed by atoms with Crippen molar-refractivity contribution in [3.05, 3.63) is 41.0 Å². The van der Waals surface area contributed by atoms with E-state index >= 15 is 0 Å². The Kier molecular flexibility index (Phi) is 10.1. The van der Waals surface area contributed by atoms with Gasteiger partial charge in [0.05, 0.1) is 11.8 Å². The maximum atomic E-state index is 14.1. The van der Waals surface area contributed by atoms with Gasteiger partial charge in [0.2, 0.25) is 0 Å². The fourth-order valence-corrected chi connectivity index (χ4v) is 6.21. The number of hydrogen-bond acceptors (Lipinski definition) is 8. The molecule has 0 N–H and O–H groups in total. The zero-order valence-electron chi connectivity index (χ0n) is 29.7. The predicted octanol–water partition coefficient (Wildman–Crippen LogP) is 8.36. The van der Waals surface area contributed by atoms with Crippen molar-refractivity contribution < 1.29 is 37.8 Å². The van der Waals surface area contributed by atoms with Gasteiger partial charge in [0, 0.05) is 18.5 Å². The Morgan fingerprint density at radius 3 is 2.28 bits per heavy atom. The molecule has 2 heterocycles. The van der Waals surface area contributed by atoms with Gasteiger partial charge in [0.15, 0.2) is 11.6 Å². The molecule has 0 bridgehead atoms. The Balaban J connectivity index is 1.91. The Bertz CT molecular complexity index is 1410. The molecule has 3 atom stereocenters. The number of carbonyl (C=O) groups excluding carboxylic acids is 3. The van der Waals surface area contributed by atoms with E-state index in [0.717, 1.165) is 18.4 Å². The highest BCUT2D eigenvalue weighted by atomic mass is 28.4. The van der Waals surface area contributed by atoms with Crippen LogP contribution < -0.4 is 9.33 Å². The highest BCUT2D eigenvalue weighted by Crippen LogP contribution is 2.43. The summed E-state index contributed by atoms with van der Waals surface area (Å²) in [4.78, 5) is 42.6. The quantitative estimate of drug-likeness (QED) is 0.181. The number of ether oxygens (including phenoxy) is 4. The summed E-state index contributed by atoms with van der Waals surface area (Å²) >= 11 is 0. The number of anilines is 1. The van der Waals surface area contributed by atoms with Gasteiger partial charge in [-0.1, -0.05) is 39.0 Å². The maximum absolute atomic E-state index is 14.1. The summed E-state index contributed by atoms with van der Waals surface area (Å²) in [6, 6.07) is 3.60. The van der Waals surface area contributed by atoms with Crippen LogP contribution in [0.1, 0.15) is 111 Å². The van der Waals surface area contributed by atoms with Gasteiger partial charge in [-0.15, -0.1) is 0 Å². The van der Waals surface area contributed by atoms with Crippen LogP contribution in [0.3, 0.4) is 0 Å². The van der Waals surface area contributed by atoms with Crippen molar-refractivity contribution in [2.24, 2.45) is 0 Å². The fourth-order valence-electron chi connectivity index (χ4n) is 5.19. The summed E-state index contributed by atoms with van der Waals surface area (Å²) in [6.45, 7) is 23.4. The van der Waals surface area contributed by atoms with Crippen LogP contribution in [0.15, 0.2) is 29.9 Å². The Labute approximate surface area is 275 Å². The third kappa shape index (κ3) is 8.49. The Morgan fingerprint density at radius 2 is 1.70 bits per heavy atom. The topological polar surface area (TPSA) is 101 Å². The van der Waals surface area contributed by atoms with Crippen molar-refractivity contribution in [2.75, 3.05) is 4.90 Å². The van der Waals surface area contributed by atoms with Gasteiger partial charge >= 0.3 is 12.1 Å². The van der Waals surface area contributed by atoms with E-state index in [1.807, 2.05) is 45.9 Å². The molecule has 9 nitrogen and oxygen atoms in total. The monoisotopic (exact) mass is 655 g/mol. The Morgan fingerprint density at radius 1 is 1.04 bits per heavy atom. The predicted molar refractivity (Wildman–Crippen MR) is 182 cm³/mol. The molecule has 1 aromatic carbocycles. The molecule has 0 radical (unpaired) electrons. The average Bonchev–Trinajstić information content (AvgIpc) is 3.66. The first-order valence-electron chi connectivity index (χ1n) is 16.4. The fraction of sp³-hybridized carbons (Fsp3) is 0.639. The molecule has 0 unspecified atom stereocenters. The normalized spacial score (nSPS) is 24.3.